The van der Waals surface area contributed by atoms with Gasteiger partial charge in [-0.15, -0.1) is 0 Å². The Kier molecular flexibility index (Phi) is 4.50. The Morgan fingerprint density at radius 2 is 2.11 bits per heavy atom. The fourth-order valence-electron chi connectivity index (χ4n) is 1.75. The lowest BCUT2D eigenvalue weighted by Crippen LogP contribution is -2.12. The van der Waals surface area contributed by atoms with E-state index in [2.05, 4.69) is 20.9 Å². The van der Waals surface area contributed by atoms with Crippen LogP contribution < -0.4 is 10.5 Å². The molecule has 1 unspecified atom stereocenters. The summed E-state index contributed by atoms with van der Waals surface area (Å²) in [7, 11) is 0. The molecule has 0 fully saturated rings. The molecule has 0 spiro atoms. The van der Waals surface area contributed by atoms with Crippen molar-refractivity contribution in [2.45, 2.75) is 13.0 Å². The molecule has 2 aromatic rings. The van der Waals surface area contributed by atoms with Gasteiger partial charge in [0.05, 0.1) is 23.3 Å². The quantitative estimate of drug-likeness (QED) is 0.937. The van der Waals surface area contributed by atoms with E-state index in [0.717, 1.165) is 5.56 Å². The van der Waals surface area contributed by atoms with E-state index in [9.17, 15) is 4.39 Å². The van der Waals surface area contributed by atoms with Crippen molar-refractivity contribution in [1.82, 2.24) is 4.98 Å². The SMILES string of the molecule is CCOc1cncc(C(N)c2ccc(Br)c(F)c2)c1. The van der Waals surface area contributed by atoms with E-state index in [-0.39, 0.29) is 5.82 Å². The molecule has 1 aromatic carbocycles. The van der Waals surface area contributed by atoms with Crippen molar-refractivity contribution in [2.24, 2.45) is 5.73 Å². The lowest BCUT2D eigenvalue weighted by Gasteiger charge is -2.14. The van der Waals surface area contributed by atoms with Crippen molar-refractivity contribution in [3.8, 4) is 5.75 Å². The van der Waals surface area contributed by atoms with E-state index in [1.165, 1.54) is 6.07 Å². The Labute approximate surface area is 119 Å². The highest BCUT2D eigenvalue weighted by atomic mass is 79.9. The number of aromatic nitrogens is 1. The van der Waals surface area contributed by atoms with Crippen molar-refractivity contribution in [2.75, 3.05) is 6.61 Å². The zero-order chi connectivity index (χ0) is 13.8. The van der Waals surface area contributed by atoms with Crippen LogP contribution in [0.4, 0.5) is 4.39 Å². The van der Waals surface area contributed by atoms with E-state index in [0.29, 0.717) is 22.4 Å². The van der Waals surface area contributed by atoms with Crippen molar-refractivity contribution in [3.63, 3.8) is 0 Å². The van der Waals surface area contributed by atoms with E-state index in [1.54, 1.807) is 24.5 Å². The van der Waals surface area contributed by atoms with Crippen LogP contribution in [0.25, 0.3) is 0 Å². The van der Waals surface area contributed by atoms with E-state index in [4.69, 9.17) is 10.5 Å². The summed E-state index contributed by atoms with van der Waals surface area (Å²) in [6.45, 7) is 2.46. The zero-order valence-corrected chi connectivity index (χ0v) is 12.0. The number of halogens is 2. The van der Waals surface area contributed by atoms with Crippen LogP contribution in [0.1, 0.15) is 24.1 Å². The Bertz CT molecular complexity index is 577. The van der Waals surface area contributed by atoms with Gasteiger partial charge < -0.3 is 10.5 Å². The van der Waals surface area contributed by atoms with Gasteiger partial charge in [0.15, 0.2) is 0 Å². The summed E-state index contributed by atoms with van der Waals surface area (Å²) < 4.78 is 19.3. The van der Waals surface area contributed by atoms with Crippen LogP contribution in [0.2, 0.25) is 0 Å². The lowest BCUT2D eigenvalue weighted by atomic mass is 10.0. The van der Waals surface area contributed by atoms with Gasteiger partial charge in [-0.3, -0.25) is 4.98 Å². The molecule has 0 bridgehead atoms. The summed E-state index contributed by atoms with van der Waals surface area (Å²) in [5.74, 6) is 0.329. The molecule has 1 atom stereocenters. The number of pyridine rings is 1. The Balaban J connectivity index is 2.29. The fraction of sp³-hybridized carbons (Fsp3) is 0.214. The first-order chi connectivity index (χ1) is 9.11. The van der Waals surface area contributed by atoms with Crippen molar-refractivity contribution in [1.29, 1.82) is 0 Å². The molecule has 1 heterocycles. The van der Waals surface area contributed by atoms with Gasteiger partial charge in [0.25, 0.3) is 0 Å². The molecular formula is C14H14BrFN2O. The van der Waals surface area contributed by atoms with Gasteiger partial charge in [-0.2, -0.15) is 0 Å². The molecule has 0 saturated heterocycles. The van der Waals surface area contributed by atoms with Gasteiger partial charge in [0.1, 0.15) is 11.6 Å². The van der Waals surface area contributed by atoms with Gasteiger partial charge in [-0.05, 0) is 52.2 Å². The molecule has 100 valence electrons. The Morgan fingerprint density at radius 1 is 1.32 bits per heavy atom. The first-order valence-corrected chi connectivity index (χ1v) is 6.69. The van der Waals surface area contributed by atoms with E-state index < -0.39 is 6.04 Å². The molecule has 19 heavy (non-hydrogen) atoms. The monoisotopic (exact) mass is 324 g/mol. The number of nitrogens with zero attached hydrogens (tertiary/aromatic N) is 1. The number of ether oxygens (including phenoxy) is 1. The zero-order valence-electron chi connectivity index (χ0n) is 10.4. The Hall–Kier alpha value is -1.46. The minimum Gasteiger partial charge on any atom is -0.492 e. The maximum atomic E-state index is 13.5. The standard InChI is InChI=1S/C14H14BrFN2O/c1-2-19-11-5-10(7-18-8-11)14(17)9-3-4-12(15)13(16)6-9/h3-8,14H,2,17H2,1H3. The van der Waals surface area contributed by atoms with Crippen LogP contribution in [0.15, 0.2) is 41.1 Å². The number of rotatable bonds is 4. The molecular weight excluding hydrogens is 311 g/mol. The molecule has 0 aliphatic heterocycles. The van der Waals surface area contributed by atoms with Crippen LogP contribution in [0, 0.1) is 5.82 Å². The minimum atomic E-state index is -0.435. The highest BCUT2D eigenvalue weighted by molar-refractivity contribution is 9.10. The molecule has 2 N–H and O–H groups in total. The molecule has 0 aliphatic carbocycles. The second-order valence-corrected chi connectivity index (χ2v) is 4.89. The Morgan fingerprint density at radius 3 is 2.79 bits per heavy atom. The van der Waals surface area contributed by atoms with E-state index in [1.807, 2.05) is 13.0 Å². The molecule has 3 nitrogen and oxygen atoms in total. The van der Waals surface area contributed by atoms with Crippen LogP contribution in [-0.4, -0.2) is 11.6 Å². The van der Waals surface area contributed by atoms with Crippen molar-refractivity contribution in [3.05, 3.63) is 58.1 Å². The van der Waals surface area contributed by atoms with E-state index >= 15 is 0 Å². The molecule has 0 aliphatic rings. The third kappa shape index (κ3) is 3.30. The normalized spacial score (nSPS) is 12.2. The van der Waals surface area contributed by atoms with Crippen molar-refractivity contribution >= 4 is 15.9 Å². The molecule has 2 rings (SSSR count). The minimum absolute atomic E-state index is 0.332. The highest BCUT2D eigenvalue weighted by Crippen LogP contribution is 2.25. The maximum absolute atomic E-state index is 13.5. The molecule has 0 radical (unpaired) electrons. The summed E-state index contributed by atoms with van der Waals surface area (Å²) in [5, 5.41) is 0. The summed E-state index contributed by atoms with van der Waals surface area (Å²) in [4.78, 5) is 4.08. The first-order valence-electron chi connectivity index (χ1n) is 5.90. The van der Waals surface area contributed by atoms with Crippen LogP contribution in [0.3, 0.4) is 0 Å². The second kappa shape index (κ2) is 6.12. The topological polar surface area (TPSA) is 48.1 Å². The lowest BCUT2D eigenvalue weighted by molar-refractivity contribution is 0.338. The molecule has 0 saturated carbocycles. The van der Waals surface area contributed by atoms with Crippen molar-refractivity contribution < 1.29 is 9.13 Å². The molecule has 1 aromatic heterocycles. The average Bonchev–Trinajstić information content (AvgIpc) is 2.42. The molecule has 0 amide bonds. The van der Waals surface area contributed by atoms with Gasteiger partial charge in [0.2, 0.25) is 0 Å². The fourth-order valence-corrected chi connectivity index (χ4v) is 2.00. The maximum Gasteiger partial charge on any atom is 0.137 e. The summed E-state index contributed by atoms with van der Waals surface area (Å²) in [6.07, 6.45) is 3.29. The highest BCUT2D eigenvalue weighted by Gasteiger charge is 2.12. The number of hydrogen-bond donors (Lipinski definition) is 1. The number of benzene rings is 1. The number of hydrogen-bond acceptors (Lipinski definition) is 3. The molecule has 5 heteroatoms. The van der Waals surface area contributed by atoms with Gasteiger partial charge in [-0.1, -0.05) is 6.07 Å². The summed E-state index contributed by atoms with van der Waals surface area (Å²) >= 11 is 3.12. The number of nitrogens with two attached hydrogens (primary N) is 1. The van der Waals surface area contributed by atoms with Gasteiger partial charge >= 0.3 is 0 Å². The predicted molar refractivity (Wildman–Crippen MR) is 75.5 cm³/mol. The second-order valence-electron chi connectivity index (χ2n) is 4.04. The van der Waals surface area contributed by atoms with Gasteiger partial charge in [-0.25, -0.2) is 4.39 Å². The third-order valence-corrected chi connectivity index (χ3v) is 3.35. The van der Waals surface area contributed by atoms with Crippen LogP contribution >= 0.6 is 15.9 Å². The third-order valence-electron chi connectivity index (χ3n) is 2.71. The van der Waals surface area contributed by atoms with Crippen LogP contribution in [0.5, 0.6) is 5.75 Å². The van der Waals surface area contributed by atoms with Crippen LogP contribution in [-0.2, 0) is 0 Å². The van der Waals surface area contributed by atoms with Gasteiger partial charge in [0, 0.05) is 6.20 Å². The smallest absolute Gasteiger partial charge is 0.137 e. The predicted octanol–water partition coefficient (Wildman–Crippen LogP) is 3.43. The average molecular weight is 325 g/mol. The largest absolute Gasteiger partial charge is 0.492 e. The first kappa shape index (κ1) is 14.0. The summed E-state index contributed by atoms with van der Waals surface area (Å²) in [5.41, 5.74) is 7.60. The summed E-state index contributed by atoms with van der Waals surface area (Å²) in [6, 6.07) is 6.23.